The monoisotopic (exact) mass is 381 g/mol. The lowest BCUT2D eigenvalue weighted by Gasteiger charge is -2.47. The molecule has 3 fully saturated rings. The van der Waals surface area contributed by atoms with E-state index in [4.69, 9.17) is 0 Å². The Bertz CT molecular complexity index is 532. The quantitative estimate of drug-likeness (QED) is 0.708. The normalized spacial score (nSPS) is 29.6. The summed E-state index contributed by atoms with van der Waals surface area (Å²) in [5.74, 6) is 0.466. The topological polar surface area (TPSA) is 43.9 Å². The lowest BCUT2D eigenvalue weighted by Crippen LogP contribution is -2.63. The molecule has 0 aromatic rings. The summed E-state index contributed by atoms with van der Waals surface area (Å²) >= 11 is 0. The van der Waals surface area contributed by atoms with Crippen molar-refractivity contribution in [2.75, 3.05) is 45.8 Å². The number of likely N-dealkylation sites (tertiary alicyclic amines) is 1. The van der Waals surface area contributed by atoms with Gasteiger partial charge in [0.05, 0.1) is 13.1 Å². The van der Waals surface area contributed by atoms with Crippen molar-refractivity contribution in [1.29, 1.82) is 0 Å². The maximum atomic E-state index is 14.9. The molecule has 3 rings (SSSR count). The molecule has 0 aromatic heterocycles. The summed E-state index contributed by atoms with van der Waals surface area (Å²) in [5.41, 5.74) is -1.21. The van der Waals surface area contributed by atoms with Crippen LogP contribution in [0.15, 0.2) is 0 Å². The molecule has 2 heterocycles. The van der Waals surface area contributed by atoms with Gasteiger partial charge in [-0.05, 0) is 52.9 Å². The van der Waals surface area contributed by atoms with E-state index in [1.165, 1.54) is 0 Å². The predicted molar refractivity (Wildman–Crippen MR) is 104 cm³/mol. The first-order chi connectivity index (χ1) is 12.8. The number of Topliss-reactive ketones (excluding diaryl/α,β-unsaturated/α-hetero) is 1. The summed E-state index contributed by atoms with van der Waals surface area (Å²) in [4.78, 5) is 30.6. The molecule has 0 spiro atoms. The van der Waals surface area contributed by atoms with Gasteiger partial charge in [0.25, 0.3) is 0 Å². The van der Waals surface area contributed by atoms with Crippen LogP contribution in [0.25, 0.3) is 0 Å². The minimum atomic E-state index is -1.21. The maximum Gasteiger partial charge on any atom is 0.225 e. The molecule has 0 radical (unpaired) electrons. The van der Waals surface area contributed by atoms with E-state index in [1.54, 1.807) is 11.8 Å². The van der Waals surface area contributed by atoms with Gasteiger partial charge in [-0.15, -0.1) is 0 Å². The number of ketones is 1. The third kappa shape index (κ3) is 5.08. The SMILES string of the molecule is CC(=O)C1CCC(C(=O)N2CC(F)(CCN3CCN(C(C)C)CC3)C2)CC1. The third-order valence-electron chi connectivity index (χ3n) is 6.92. The summed E-state index contributed by atoms with van der Waals surface area (Å²) < 4.78 is 14.9. The predicted octanol–water partition coefficient (Wildman–Crippen LogP) is 2.35. The number of carbonyl (C=O) groups is 2. The van der Waals surface area contributed by atoms with Crippen LogP contribution in [0.2, 0.25) is 0 Å². The fourth-order valence-corrected chi connectivity index (χ4v) is 4.82. The molecule has 6 heteroatoms. The number of rotatable bonds is 6. The number of nitrogens with zero attached hydrogens (tertiary/aromatic N) is 3. The molecule has 0 atom stereocenters. The fraction of sp³-hybridized carbons (Fsp3) is 0.905. The summed E-state index contributed by atoms with van der Waals surface area (Å²) in [6, 6.07) is 0.580. The van der Waals surface area contributed by atoms with Gasteiger partial charge in [0.1, 0.15) is 11.5 Å². The molecule has 1 amide bonds. The Kier molecular flexibility index (Phi) is 6.57. The van der Waals surface area contributed by atoms with Gasteiger partial charge < -0.3 is 9.80 Å². The smallest absolute Gasteiger partial charge is 0.225 e. The molecule has 1 aliphatic carbocycles. The molecule has 5 nitrogen and oxygen atoms in total. The van der Waals surface area contributed by atoms with Gasteiger partial charge in [-0.1, -0.05) is 0 Å². The van der Waals surface area contributed by atoms with Crippen LogP contribution in [0.5, 0.6) is 0 Å². The van der Waals surface area contributed by atoms with E-state index in [1.807, 2.05) is 0 Å². The summed E-state index contributed by atoms with van der Waals surface area (Å²) in [5, 5.41) is 0. The van der Waals surface area contributed by atoms with Crippen LogP contribution in [0, 0.1) is 11.8 Å². The molecule has 0 bridgehead atoms. The standard InChI is InChI=1S/C21H36FN3O2/c1-16(2)24-12-10-23(11-13-24)9-8-21(22)14-25(15-21)20(27)19-6-4-18(5-7-19)17(3)26/h16,18-19H,4-15H2,1-3H3. The summed E-state index contributed by atoms with van der Waals surface area (Å²) in [6.07, 6.45) is 3.69. The zero-order valence-electron chi connectivity index (χ0n) is 17.3. The van der Waals surface area contributed by atoms with Crippen LogP contribution in [0.1, 0.15) is 52.9 Å². The van der Waals surface area contributed by atoms with Crippen molar-refractivity contribution in [2.24, 2.45) is 11.8 Å². The number of carbonyl (C=O) groups excluding carboxylic acids is 2. The van der Waals surface area contributed by atoms with Crippen LogP contribution >= 0.6 is 0 Å². The van der Waals surface area contributed by atoms with Crippen LogP contribution in [-0.2, 0) is 9.59 Å². The van der Waals surface area contributed by atoms with Crippen molar-refractivity contribution in [3.63, 3.8) is 0 Å². The Morgan fingerprint density at radius 2 is 1.56 bits per heavy atom. The van der Waals surface area contributed by atoms with Crippen LogP contribution in [0.4, 0.5) is 4.39 Å². The van der Waals surface area contributed by atoms with Gasteiger partial charge in [-0.3, -0.25) is 14.5 Å². The Morgan fingerprint density at radius 1 is 1.00 bits per heavy atom. The van der Waals surface area contributed by atoms with Crippen molar-refractivity contribution < 1.29 is 14.0 Å². The molecule has 0 aromatic carbocycles. The highest BCUT2D eigenvalue weighted by atomic mass is 19.1. The molecule has 0 N–H and O–H groups in total. The Labute approximate surface area is 163 Å². The van der Waals surface area contributed by atoms with Gasteiger partial charge in [-0.25, -0.2) is 4.39 Å². The lowest BCUT2D eigenvalue weighted by atomic mass is 9.79. The average Bonchev–Trinajstić information content (AvgIpc) is 2.64. The minimum absolute atomic E-state index is 0.00531. The van der Waals surface area contributed by atoms with Gasteiger partial charge in [0.15, 0.2) is 0 Å². The number of halogens is 1. The zero-order chi connectivity index (χ0) is 19.6. The highest BCUT2D eigenvalue weighted by Crippen LogP contribution is 2.35. The molecule has 154 valence electrons. The number of piperazine rings is 1. The molecule has 2 saturated heterocycles. The van der Waals surface area contributed by atoms with Crippen LogP contribution < -0.4 is 0 Å². The molecule has 27 heavy (non-hydrogen) atoms. The van der Waals surface area contributed by atoms with Gasteiger partial charge >= 0.3 is 0 Å². The molecule has 0 unspecified atom stereocenters. The van der Waals surface area contributed by atoms with E-state index in [-0.39, 0.29) is 36.6 Å². The number of hydrogen-bond acceptors (Lipinski definition) is 4. The molecular weight excluding hydrogens is 345 g/mol. The molecular formula is C21H36FN3O2. The lowest BCUT2D eigenvalue weighted by molar-refractivity contribution is -0.152. The van der Waals surface area contributed by atoms with E-state index in [0.29, 0.717) is 12.5 Å². The van der Waals surface area contributed by atoms with E-state index in [9.17, 15) is 14.0 Å². The third-order valence-corrected chi connectivity index (χ3v) is 6.92. The van der Waals surface area contributed by atoms with Crippen LogP contribution in [0.3, 0.4) is 0 Å². The van der Waals surface area contributed by atoms with E-state index in [0.717, 1.165) is 58.4 Å². The Hall–Kier alpha value is -1.01. The summed E-state index contributed by atoms with van der Waals surface area (Å²) in [7, 11) is 0. The van der Waals surface area contributed by atoms with Crippen molar-refractivity contribution in [1.82, 2.24) is 14.7 Å². The number of hydrogen-bond donors (Lipinski definition) is 0. The van der Waals surface area contributed by atoms with E-state index >= 15 is 0 Å². The number of alkyl halides is 1. The van der Waals surface area contributed by atoms with Crippen molar-refractivity contribution in [3.05, 3.63) is 0 Å². The van der Waals surface area contributed by atoms with Crippen molar-refractivity contribution in [3.8, 4) is 0 Å². The van der Waals surface area contributed by atoms with Gasteiger partial charge in [0, 0.05) is 50.6 Å². The molecule has 1 saturated carbocycles. The highest BCUT2D eigenvalue weighted by Gasteiger charge is 2.47. The first-order valence-electron chi connectivity index (χ1n) is 10.7. The first kappa shape index (κ1) is 20.7. The van der Waals surface area contributed by atoms with Crippen molar-refractivity contribution >= 4 is 11.7 Å². The first-order valence-corrected chi connectivity index (χ1v) is 10.7. The second-order valence-electron chi connectivity index (χ2n) is 9.23. The zero-order valence-corrected chi connectivity index (χ0v) is 17.3. The molecule has 3 aliphatic rings. The Morgan fingerprint density at radius 3 is 2.07 bits per heavy atom. The largest absolute Gasteiger partial charge is 0.336 e. The summed E-state index contributed by atoms with van der Waals surface area (Å²) in [6.45, 7) is 11.5. The second kappa shape index (κ2) is 8.56. The minimum Gasteiger partial charge on any atom is -0.336 e. The van der Waals surface area contributed by atoms with Crippen molar-refractivity contribution in [2.45, 2.75) is 64.6 Å². The number of amides is 1. The highest BCUT2D eigenvalue weighted by molar-refractivity contribution is 5.81. The van der Waals surface area contributed by atoms with E-state index in [2.05, 4.69) is 23.6 Å². The molecule has 2 aliphatic heterocycles. The average molecular weight is 382 g/mol. The Balaban J connectivity index is 1.36. The maximum absolute atomic E-state index is 14.9. The van der Waals surface area contributed by atoms with E-state index < -0.39 is 5.67 Å². The van der Waals surface area contributed by atoms with Gasteiger partial charge in [0.2, 0.25) is 5.91 Å². The second-order valence-corrected chi connectivity index (χ2v) is 9.23. The van der Waals surface area contributed by atoms with Crippen LogP contribution in [-0.4, -0.2) is 83.9 Å². The van der Waals surface area contributed by atoms with Gasteiger partial charge in [-0.2, -0.15) is 0 Å². The fourth-order valence-electron chi connectivity index (χ4n) is 4.82.